The Labute approximate surface area is 215 Å². The summed E-state index contributed by atoms with van der Waals surface area (Å²) >= 11 is 0.894. The van der Waals surface area contributed by atoms with Gasteiger partial charge in [-0.2, -0.15) is 26.3 Å². The van der Waals surface area contributed by atoms with E-state index in [0.717, 1.165) is 11.8 Å². The molecule has 0 aliphatic heterocycles. The summed E-state index contributed by atoms with van der Waals surface area (Å²) in [6.07, 6.45) is -8.59. The minimum Gasteiger partial charge on any atom is -0.486 e. The lowest BCUT2D eigenvalue weighted by atomic mass is 10.1. The number of benzene rings is 2. The third-order valence-electron chi connectivity index (χ3n) is 5.00. The molecule has 7 nitrogen and oxygen atoms in total. The summed E-state index contributed by atoms with van der Waals surface area (Å²) in [5, 5.41) is 10.5. The van der Waals surface area contributed by atoms with Crippen LogP contribution in [0.15, 0.2) is 76.5 Å². The van der Waals surface area contributed by atoms with Crippen molar-refractivity contribution in [3.8, 4) is 5.75 Å². The Hall–Kier alpha value is -3.94. The van der Waals surface area contributed by atoms with Gasteiger partial charge >= 0.3 is 12.4 Å². The Morgan fingerprint density at radius 3 is 2.24 bits per heavy atom. The summed E-state index contributed by atoms with van der Waals surface area (Å²) in [7, 11) is 0. The zero-order chi connectivity index (χ0) is 27.3. The fraction of sp³-hybridized carbons (Fsp3) is 0.208. The van der Waals surface area contributed by atoms with Crippen LogP contribution in [-0.2, 0) is 30.3 Å². The van der Waals surface area contributed by atoms with E-state index in [1.165, 1.54) is 6.26 Å². The van der Waals surface area contributed by atoms with E-state index in [-0.39, 0.29) is 30.1 Å². The highest BCUT2D eigenvalue weighted by atomic mass is 32.2. The van der Waals surface area contributed by atoms with Crippen LogP contribution in [0, 0.1) is 0 Å². The third kappa shape index (κ3) is 7.09. The number of carbonyl (C=O) groups excluding carboxylic acids is 1. The number of carbonyl (C=O) groups is 1. The molecule has 0 aliphatic carbocycles. The van der Waals surface area contributed by atoms with Gasteiger partial charge in [0.15, 0.2) is 11.0 Å². The van der Waals surface area contributed by atoms with Crippen molar-refractivity contribution in [1.82, 2.24) is 14.8 Å². The molecule has 1 amide bonds. The molecule has 14 heteroatoms. The minimum absolute atomic E-state index is 0.0133. The van der Waals surface area contributed by atoms with Crippen molar-refractivity contribution in [3.63, 3.8) is 0 Å². The molecule has 200 valence electrons. The number of alkyl halides is 6. The summed E-state index contributed by atoms with van der Waals surface area (Å²) in [6.45, 7) is 0.231. The standard InChI is InChI=1S/C24H18F6N4O3S/c25-23(26,27)15-9-16(24(28,29)30)11-17(10-15)31-21(35)14-38-22-33-32-20(13-37-18-5-2-1-3-6-18)34(22)12-19-7-4-8-36-19/h1-11H,12-14H2,(H,31,35). The zero-order valence-corrected chi connectivity index (χ0v) is 20.0. The Bertz CT molecular complexity index is 1340. The van der Waals surface area contributed by atoms with Gasteiger partial charge in [-0.3, -0.25) is 9.36 Å². The number of nitrogens with zero attached hydrogens (tertiary/aromatic N) is 3. The quantitative estimate of drug-likeness (QED) is 0.193. The smallest absolute Gasteiger partial charge is 0.416 e. The number of halogens is 6. The second-order valence-corrected chi connectivity index (χ2v) is 8.74. The minimum atomic E-state index is -5.03. The molecule has 0 aliphatic rings. The number of anilines is 1. The highest BCUT2D eigenvalue weighted by Crippen LogP contribution is 2.37. The SMILES string of the molecule is O=C(CSc1nnc(COc2ccccc2)n1Cc1ccco1)Nc1cc(C(F)(F)F)cc(C(F)(F)F)c1. The first kappa shape index (κ1) is 27.1. The van der Waals surface area contributed by atoms with Gasteiger partial charge in [0.2, 0.25) is 5.91 Å². The molecular weight excluding hydrogens is 538 g/mol. The topological polar surface area (TPSA) is 82.2 Å². The van der Waals surface area contributed by atoms with Crippen molar-refractivity contribution < 1.29 is 40.3 Å². The molecule has 0 unspecified atom stereocenters. The molecule has 0 fully saturated rings. The highest BCUT2D eigenvalue weighted by molar-refractivity contribution is 7.99. The number of nitrogens with one attached hydrogen (secondary N) is 1. The van der Waals surface area contributed by atoms with Gasteiger partial charge in [0.05, 0.1) is 29.7 Å². The number of hydrogen-bond donors (Lipinski definition) is 1. The number of para-hydroxylation sites is 1. The molecule has 2 aromatic heterocycles. The normalized spacial score (nSPS) is 11.9. The van der Waals surface area contributed by atoms with Crippen LogP contribution < -0.4 is 10.1 Å². The van der Waals surface area contributed by atoms with Gasteiger partial charge in [-0.05, 0) is 42.5 Å². The Morgan fingerprint density at radius 1 is 0.947 bits per heavy atom. The summed E-state index contributed by atoms with van der Waals surface area (Å²) in [4.78, 5) is 12.5. The summed E-state index contributed by atoms with van der Waals surface area (Å²) in [5.41, 5.74) is -3.69. The third-order valence-corrected chi connectivity index (χ3v) is 5.97. The summed E-state index contributed by atoms with van der Waals surface area (Å²) < 4.78 is 91.3. The molecule has 0 atom stereocenters. The molecule has 2 heterocycles. The Morgan fingerprint density at radius 2 is 1.63 bits per heavy atom. The van der Waals surface area contributed by atoms with Crippen molar-refractivity contribution >= 4 is 23.4 Å². The molecule has 0 saturated heterocycles. The van der Waals surface area contributed by atoms with Gasteiger partial charge in [0.1, 0.15) is 18.1 Å². The average Bonchev–Trinajstić information content (AvgIpc) is 3.51. The first-order valence-corrected chi connectivity index (χ1v) is 11.8. The number of aromatic nitrogens is 3. The summed E-state index contributed by atoms with van der Waals surface area (Å²) in [6, 6.07) is 13.2. The molecule has 1 N–H and O–H groups in total. The van der Waals surface area contributed by atoms with Crippen molar-refractivity contribution in [3.05, 3.63) is 89.6 Å². The molecule has 0 radical (unpaired) electrons. The Balaban J connectivity index is 1.48. The molecule has 4 aromatic rings. The number of thioether (sulfide) groups is 1. The van der Waals surface area contributed by atoms with Crippen LogP contribution in [0.2, 0.25) is 0 Å². The second kappa shape index (κ2) is 11.2. The lowest BCUT2D eigenvalue weighted by molar-refractivity contribution is -0.143. The van der Waals surface area contributed by atoms with E-state index < -0.39 is 35.1 Å². The number of rotatable bonds is 9. The van der Waals surface area contributed by atoms with Crippen LogP contribution in [0.25, 0.3) is 0 Å². The molecule has 4 rings (SSSR count). The molecular formula is C24H18F6N4O3S. The van der Waals surface area contributed by atoms with Gasteiger partial charge in [-0.15, -0.1) is 10.2 Å². The highest BCUT2D eigenvalue weighted by Gasteiger charge is 2.37. The van der Waals surface area contributed by atoms with Crippen molar-refractivity contribution in [2.45, 2.75) is 30.7 Å². The second-order valence-electron chi connectivity index (χ2n) is 7.80. The van der Waals surface area contributed by atoms with Gasteiger partial charge in [-0.25, -0.2) is 0 Å². The fourth-order valence-corrected chi connectivity index (χ4v) is 4.03. The maximum Gasteiger partial charge on any atom is 0.416 e. The van der Waals surface area contributed by atoms with Crippen LogP contribution in [0.4, 0.5) is 32.0 Å². The molecule has 0 spiro atoms. The molecule has 38 heavy (non-hydrogen) atoms. The predicted octanol–water partition coefficient (Wildman–Crippen LogP) is 6.27. The van der Waals surface area contributed by atoms with E-state index in [1.54, 1.807) is 41.0 Å². The van der Waals surface area contributed by atoms with Crippen LogP contribution in [0.5, 0.6) is 5.75 Å². The van der Waals surface area contributed by atoms with E-state index in [4.69, 9.17) is 9.15 Å². The van der Waals surface area contributed by atoms with Crippen LogP contribution in [0.3, 0.4) is 0 Å². The van der Waals surface area contributed by atoms with E-state index >= 15 is 0 Å². The van der Waals surface area contributed by atoms with E-state index in [1.807, 2.05) is 6.07 Å². The number of ether oxygens (including phenoxy) is 1. The van der Waals surface area contributed by atoms with Gasteiger partial charge in [0, 0.05) is 5.69 Å². The van der Waals surface area contributed by atoms with E-state index in [2.05, 4.69) is 15.5 Å². The van der Waals surface area contributed by atoms with Crippen molar-refractivity contribution in [1.29, 1.82) is 0 Å². The van der Waals surface area contributed by atoms with Crippen molar-refractivity contribution in [2.75, 3.05) is 11.1 Å². The van der Waals surface area contributed by atoms with Gasteiger partial charge in [0.25, 0.3) is 0 Å². The van der Waals surface area contributed by atoms with Crippen molar-refractivity contribution in [2.24, 2.45) is 0 Å². The van der Waals surface area contributed by atoms with E-state index in [9.17, 15) is 31.1 Å². The molecule has 0 saturated carbocycles. The van der Waals surface area contributed by atoms with Crippen LogP contribution >= 0.6 is 11.8 Å². The molecule has 0 bridgehead atoms. The first-order valence-electron chi connectivity index (χ1n) is 10.8. The van der Waals surface area contributed by atoms with E-state index in [0.29, 0.717) is 29.5 Å². The van der Waals surface area contributed by atoms with Crippen LogP contribution in [0.1, 0.15) is 22.7 Å². The lowest BCUT2D eigenvalue weighted by Gasteiger charge is -2.15. The Kier molecular flexibility index (Phi) is 7.99. The number of hydrogen-bond acceptors (Lipinski definition) is 6. The summed E-state index contributed by atoms with van der Waals surface area (Å²) in [5.74, 6) is 0.347. The monoisotopic (exact) mass is 556 g/mol. The maximum absolute atomic E-state index is 13.1. The zero-order valence-electron chi connectivity index (χ0n) is 19.2. The number of furan rings is 1. The van der Waals surface area contributed by atoms with Crippen LogP contribution in [-0.4, -0.2) is 26.4 Å². The molecule has 2 aromatic carbocycles. The fourth-order valence-electron chi connectivity index (χ4n) is 3.27. The maximum atomic E-state index is 13.1. The first-order chi connectivity index (χ1) is 18.0. The number of amides is 1. The predicted molar refractivity (Wildman–Crippen MR) is 124 cm³/mol. The average molecular weight is 556 g/mol. The van der Waals surface area contributed by atoms with Gasteiger partial charge in [-0.1, -0.05) is 30.0 Å². The van der Waals surface area contributed by atoms with Gasteiger partial charge < -0.3 is 14.5 Å². The lowest BCUT2D eigenvalue weighted by Crippen LogP contribution is -2.17. The largest absolute Gasteiger partial charge is 0.486 e.